The highest BCUT2D eigenvalue weighted by molar-refractivity contribution is 6.31. The van der Waals surface area contributed by atoms with Crippen molar-refractivity contribution in [2.24, 2.45) is 4.99 Å². The van der Waals surface area contributed by atoms with Crippen molar-refractivity contribution in [1.82, 2.24) is 14.8 Å². The summed E-state index contributed by atoms with van der Waals surface area (Å²) in [7, 11) is 3.90. The largest absolute Gasteiger partial charge is 0.325 e. The van der Waals surface area contributed by atoms with E-state index in [1.54, 1.807) is 30.3 Å². The Hall–Kier alpha value is -4.11. The maximum Gasteiger partial charge on any atom is 0.240 e. The van der Waals surface area contributed by atoms with Crippen molar-refractivity contribution in [2.75, 3.05) is 57.0 Å². The molecule has 0 bridgehead atoms. The first kappa shape index (κ1) is 27.1. The number of pyridine rings is 1. The fourth-order valence-electron chi connectivity index (χ4n) is 5.37. The van der Waals surface area contributed by atoms with Crippen LogP contribution in [0.2, 0.25) is 5.02 Å². The highest BCUT2D eigenvalue weighted by Crippen LogP contribution is 2.38. The molecule has 1 saturated heterocycles. The predicted molar refractivity (Wildman–Crippen MR) is 165 cm³/mol. The summed E-state index contributed by atoms with van der Waals surface area (Å²) < 4.78 is 0. The Morgan fingerprint density at radius 2 is 1.83 bits per heavy atom. The summed E-state index contributed by atoms with van der Waals surface area (Å²) in [4.78, 5) is 41.9. The number of nitrogens with zero attached hydrogens (tertiary/aromatic N) is 5. The maximum absolute atomic E-state index is 13.3. The first-order valence-electron chi connectivity index (χ1n) is 13.7. The van der Waals surface area contributed by atoms with Crippen molar-refractivity contribution >= 4 is 57.1 Å². The van der Waals surface area contributed by atoms with Crippen LogP contribution in [0.25, 0.3) is 10.9 Å². The lowest BCUT2D eigenvalue weighted by Crippen LogP contribution is -2.48. The maximum atomic E-state index is 13.3. The van der Waals surface area contributed by atoms with Gasteiger partial charge in [0, 0.05) is 61.2 Å². The van der Waals surface area contributed by atoms with Crippen LogP contribution in [0.1, 0.15) is 17.0 Å². The molecule has 41 heavy (non-hydrogen) atoms. The van der Waals surface area contributed by atoms with Crippen LogP contribution in [-0.4, -0.2) is 79.1 Å². The van der Waals surface area contributed by atoms with E-state index < -0.39 is 5.92 Å². The lowest BCUT2D eigenvalue weighted by atomic mass is 9.90. The molecular weight excluding hydrogens is 536 g/mol. The minimum Gasteiger partial charge on any atom is -0.325 e. The van der Waals surface area contributed by atoms with Crippen LogP contribution in [0.4, 0.5) is 17.1 Å². The summed E-state index contributed by atoms with van der Waals surface area (Å²) in [5.41, 5.74) is 5.32. The van der Waals surface area contributed by atoms with Crippen LogP contribution < -0.4 is 10.2 Å². The number of anilines is 2. The van der Waals surface area contributed by atoms with E-state index in [2.05, 4.69) is 27.1 Å². The number of hydrogen-bond acceptors (Lipinski definition) is 6. The molecule has 2 amide bonds. The average molecular weight is 567 g/mol. The summed E-state index contributed by atoms with van der Waals surface area (Å²) in [5.74, 6) is -0.712. The zero-order chi connectivity index (χ0) is 28.5. The Labute approximate surface area is 244 Å². The number of carbonyl (C=O) groups excluding carboxylic acids is 2. The van der Waals surface area contributed by atoms with Crippen LogP contribution in [0.5, 0.6) is 0 Å². The molecule has 1 atom stereocenters. The molecule has 6 rings (SSSR count). The summed E-state index contributed by atoms with van der Waals surface area (Å²) >= 11 is 6.21. The molecule has 2 aliphatic heterocycles. The highest BCUT2D eigenvalue weighted by Gasteiger charge is 2.35. The number of rotatable bonds is 6. The van der Waals surface area contributed by atoms with Gasteiger partial charge in [-0.15, -0.1) is 0 Å². The number of benzene rings is 3. The molecule has 1 N–H and O–H groups in total. The van der Waals surface area contributed by atoms with E-state index in [1.807, 2.05) is 60.7 Å². The van der Waals surface area contributed by atoms with Gasteiger partial charge in [-0.2, -0.15) is 0 Å². The van der Waals surface area contributed by atoms with Gasteiger partial charge in [-0.05, 0) is 72.8 Å². The van der Waals surface area contributed by atoms with Gasteiger partial charge in [-0.25, -0.2) is 0 Å². The molecule has 8 nitrogen and oxygen atoms in total. The monoisotopic (exact) mass is 566 g/mol. The normalized spacial score (nSPS) is 17.9. The van der Waals surface area contributed by atoms with Crippen molar-refractivity contribution in [3.8, 4) is 0 Å². The molecule has 0 radical (unpaired) electrons. The molecule has 1 aromatic heterocycles. The van der Waals surface area contributed by atoms with Crippen LogP contribution in [-0.2, 0) is 9.59 Å². The Morgan fingerprint density at radius 1 is 1.05 bits per heavy atom. The van der Waals surface area contributed by atoms with Crippen LogP contribution in [0.15, 0.2) is 84.0 Å². The summed E-state index contributed by atoms with van der Waals surface area (Å²) in [6.07, 6.45) is 1.76. The average Bonchev–Trinajstić information content (AvgIpc) is 3.31. The van der Waals surface area contributed by atoms with Gasteiger partial charge in [0.15, 0.2) is 0 Å². The predicted octanol–water partition coefficient (Wildman–Crippen LogP) is 4.96. The number of amides is 2. The summed E-state index contributed by atoms with van der Waals surface area (Å²) in [6.45, 7) is 4.11. The van der Waals surface area contributed by atoms with Crippen molar-refractivity contribution in [1.29, 1.82) is 0 Å². The first-order valence-corrected chi connectivity index (χ1v) is 14.0. The van der Waals surface area contributed by atoms with Crippen LogP contribution >= 0.6 is 11.6 Å². The molecule has 0 aliphatic carbocycles. The topological polar surface area (TPSA) is 81.1 Å². The zero-order valence-electron chi connectivity index (χ0n) is 23.0. The quantitative estimate of drug-likeness (QED) is 0.334. The third-order valence-corrected chi connectivity index (χ3v) is 8.07. The minimum atomic E-state index is -0.607. The van der Waals surface area contributed by atoms with E-state index in [4.69, 9.17) is 16.6 Å². The van der Waals surface area contributed by atoms with E-state index in [1.165, 1.54) is 0 Å². The van der Waals surface area contributed by atoms with E-state index >= 15 is 0 Å². The SMILES string of the molecule is CN1CCN(CC(=O)N(C)c2ccc(N=C(c3ccc4ncccc4c3)C3C(=O)Nc4cc(Cl)ccc43)cc2)CC1. The molecule has 9 heteroatoms. The second-order valence-corrected chi connectivity index (χ2v) is 11.0. The van der Waals surface area contributed by atoms with Crippen molar-refractivity contribution in [3.63, 3.8) is 0 Å². The Morgan fingerprint density at radius 3 is 2.61 bits per heavy atom. The molecule has 3 heterocycles. The molecule has 0 spiro atoms. The molecule has 4 aromatic rings. The zero-order valence-corrected chi connectivity index (χ0v) is 23.8. The number of aliphatic imine (C=N–C) groups is 1. The first-order chi connectivity index (χ1) is 19.9. The number of piperazine rings is 1. The highest BCUT2D eigenvalue weighted by atomic mass is 35.5. The van der Waals surface area contributed by atoms with Crippen molar-refractivity contribution in [3.05, 3.63) is 95.1 Å². The second-order valence-electron chi connectivity index (χ2n) is 10.6. The smallest absolute Gasteiger partial charge is 0.240 e. The number of carbonyl (C=O) groups is 2. The van der Waals surface area contributed by atoms with E-state index in [9.17, 15) is 9.59 Å². The van der Waals surface area contributed by atoms with E-state index in [-0.39, 0.29) is 11.8 Å². The third kappa shape index (κ3) is 5.72. The van der Waals surface area contributed by atoms with Gasteiger partial charge in [0.1, 0.15) is 5.92 Å². The number of halogens is 1. The minimum absolute atomic E-state index is 0.0501. The third-order valence-electron chi connectivity index (χ3n) is 7.83. The van der Waals surface area contributed by atoms with Gasteiger partial charge in [-0.3, -0.25) is 24.5 Å². The van der Waals surface area contributed by atoms with Gasteiger partial charge < -0.3 is 15.1 Å². The van der Waals surface area contributed by atoms with E-state index in [0.29, 0.717) is 28.7 Å². The summed E-state index contributed by atoms with van der Waals surface area (Å²) in [5, 5.41) is 4.49. The molecule has 2 aliphatic rings. The van der Waals surface area contributed by atoms with E-state index in [0.717, 1.165) is 53.9 Å². The molecular formula is C32H31ClN6O2. The molecule has 208 valence electrons. The number of aromatic nitrogens is 1. The van der Waals surface area contributed by atoms with Gasteiger partial charge in [0.2, 0.25) is 11.8 Å². The summed E-state index contributed by atoms with van der Waals surface area (Å²) in [6, 6.07) is 22.8. The number of hydrogen-bond donors (Lipinski definition) is 1. The van der Waals surface area contributed by atoms with Gasteiger partial charge in [0.25, 0.3) is 0 Å². The van der Waals surface area contributed by atoms with Crippen LogP contribution in [0.3, 0.4) is 0 Å². The molecule has 3 aromatic carbocycles. The van der Waals surface area contributed by atoms with Gasteiger partial charge in [-0.1, -0.05) is 29.8 Å². The fourth-order valence-corrected chi connectivity index (χ4v) is 5.55. The molecule has 0 saturated carbocycles. The lowest BCUT2D eigenvalue weighted by molar-refractivity contribution is -0.120. The van der Waals surface area contributed by atoms with Gasteiger partial charge in [0.05, 0.1) is 23.5 Å². The van der Waals surface area contributed by atoms with Crippen molar-refractivity contribution in [2.45, 2.75) is 5.92 Å². The Balaban J connectivity index is 1.31. The van der Waals surface area contributed by atoms with Crippen LogP contribution in [0, 0.1) is 0 Å². The lowest BCUT2D eigenvalue weighted by Gasteiger charge is -2.32. The fraction of sp³-hybridized carbons (Fsp3) is 0.250. The second kappa shape index (κ2) is 11.4. The number of fused-ring (bicyclic) bond motifs is 2. The Bertz CT molecular complexity index is 1650. The standard InChI is InChI=1S/C32H31ClN6O2/c1-37-14-16-39(17-15-37)20-29(40)38(2)25-9-7-24(8-10-25)35-31(22-5-12-27-21(18-22)4-3-13-34-27)30-26-11-6-23(33)19-28(26)36-32(30)41/h3-13,18-19,30H,14-17,20H2,1-2H3,(H,36,41). The van der Waals surface area contributed by atoms with Gasteiger partial charge >= 0.3 is 0 Å². The number of likely N-dealkylation sites (N-methyl/N-ethyl adjacent to an activating group) is 2. The van der Waals surface area contributed by atoms with Crippen molar-refractivity contribution < 1.29 is 9.59 Å². The number of nitrogens with one attached hydrogen (secondary N) is 1. The molecule has 1 fully saturated rings. The Kier molecular flexibility index (Phi) is 7.53. The molecule has 1 unspecified atom stereocenters.